The predicted octanol–water partition coefficient (Wildman–Crippen LogP) is 1.56. The van der Waals surface area contributed by atoms with Crippen LogP contribution in [0.5, 0.6) is 0 Å². The maximum Gasteiger partial charge on any atom is 0.310 e. The highest BCUT2D eigenvalue weighted by Crippen LogP contribution is 2.24. The molecule has 0 aromatic rings. The van der Waals surface area contributed by atoms with Gasteiger partial charge in [0.05, 0.1) is 5.92 Å². The molecule has 1 heterocycles. The third-order valence-corrected chi connectivity index (χ3v) is 2.60. The van der Waals surface area contributed by atoms with E-state index in [0.29, 0.717) is 0 Å². The first-order chi connectivity index (χ1) is 6.04. The molecule has 0 bridgehead atoms. The Kier molecular flexibility index (Phi) is 4.99. The van der Waals surface area contributed by atoms with Crippen molar-refractivity contribution in [3.05, 3.63) is 0 Å². The van der Waals surface area contributed by atoms with E-state index in [1.165, 1.54) is 0 Å². The van der Waals surface area contributed by atoms with Crippen molar-refractivity contribution in [1.82, 2.24) is 0 Å². The van der Waals surface area contributed by atoms with E-state index in [1.807, 2.05) is 34.6 Å². The van der Waals surface area contributed by atoms with Gasteiger partial charge in [0, 0.05) is 12.0 Å². The van der Waals surface area contributed by atoms with Gasteiger partial charge in [-0.05, 0) is 6.92 Å². The third kappa shape index (κ3) is 2.69. The summed E-state index contributed by atoms with van der Waals surface area (Å²) in [5, 5.41) is 0. The minimum Gasteiger partial charge on any atom is -0.462 e. The lowest BCUT2D eigenvalue weighted by Crippen LogP contribution is -2.50. The van der Waals surface area contributed by atoms with Gasteiger partial charge in [0.15, 0.2) is 0 Å². The Morgan fingerprint density at radius 2 is 1.69 bits per heavy atom. The predicted molar refractivity (Wildman–Crippen MR) is 53.2 cm³/mol. The minimum absolute atomic E-state index is 0.0336. The second kappa shape index (κ2) is 5.22. The van der Waals surface area contributed by atoms with Gasteiger partial charge < -0.3 is 10.5 Å². The number of nitrogens with two attached hydrogens (primary N) is 1. The van der Waals surface area contributed by atoms with Crippen LogP contribution in [0.4, 0.5) is 0 Å². The molecule has 0 unspecified atom stereocenters. The van der Waals surface area contributed by atoms with Crippen LogP contribution >= 0.6 is 0 Å². The van der Waals surface area contributed by atoms with Gasteiger partial charge in [0.2, 0.25) is 0 Å². The largest absolute Gasteiger partial charge is 0.462 e. The number of esters is 1. The van der Waals surface area contributed by atoms with E-state index in [2.05, 4.69) is 0 Å². The first-order valence-corrected chi connectivity index (χ1v) is 5.00. The van der Waals surface area contributed by atoms with Crippen molar-refractivity contribution in [1.29, 1.82) is 0 Å². The van der Waals surface area contributed by atoms with Crippen LogP contribution in [0.15, 0.2) is 0 Å². The molecule has 13 heavy (non-hydrogen) atoms. The summed E-state index contributed by atoms with van der Waals surface area (Å²) in [5.41, 5.74) is 5.80. The van der Waals surface area contributed by atoms with Crippen molar-refractivity contribution in [3.8, 4) is 0 Å². The quantitative estimate of drug-likeness (QED) is 0.585. The first-order valence-electron chi connectivity index (χ1n) is 5.00. The van der Waals surface area contributed by atoms with Crippen LogP contribution in [-0.2, 0) is 9.53 Å². The van der Waals surface area contributed by atoms with Gasteiger partial charge >= 0.3 is 5.97 Å². The van der Waals surface area contributed by atoms with Gasteiger partial charge in [-0.15, -0.1) is 0 Å². The lowest BCUT2D eigenvalue weighted by molar-refractivity contribution is -0.164. The van der Waals surface area contributed by atoms with Crippen LogP contribution in [0.2, 0.25) is 0 Å². The Bertz CT molecular complexity index is 170. The summed E-state index contributed by atoms with van der Waals surface area (Å²) in [6.45, 7) is 9.71. The van der Waals surface area contributed by atoms with Crippen molar-refractivity contribution < 1.29 is 9.53 Å². The van der Waals surface area contributed by atoms with Gasteiger partial charge in [0.1, 0.15) is 6.10 Å². The lowest BCUT2D eigenvalue weighted by atomic mass is 9.85. The zero-order valence-electron chi connectivity index (χ0n) is 9.20. The fraction of sp³-hybridized carbons (Fsp3) is 0.900. The molecule has 1 rings (SSSR count). The van der Waals surface area contributed by atoms with Crippen molar-refractivity contribution in [2.75, 3.05) is 0 Å². The summed E-state index contributed by atoms with van der Waals surface area (Å²) in [6.07, 6.45) is -0.0336. The van der Waals surface area contributed by atoms with Crippen LogP contribution < -0.4 is 5.73 Å². The first kappa shape index (κ1) is 12.4. The Morgan fingerprint density at radius 3 is 2.15 bits per heavy atom. The van der Waals surface area contributed by atoms with E-state index < -0.39 is 0 Å². The molecule has 0 spiro atoms. The zero-order valence-corrected chi connectivity index (χ0v) is 9.20. The smallest absolute Gasteiger partial charge is 0.310 e. The molecule has 0 amide bonds. The highest BCUT2D eigenvalue weighted by molar-refractivity contribution is 5.74. The highest BCUT2D eigenvalue weighted by atomic mass is 16.5. The summed E-state index contributed by atoms with van der Waals surface area (Å²) in [5.74, 6) is -0.0491. The molecule has 1 aliphatic rings. The molecule has 0 aliphatic carbocycles. The third-order valence-electron chi connectivity index (χ3n) is 2.60. The fourth-order valence-corrected chi connectivity index (χ4v) is 1.32. The van der Waals surface area contributed by atoms with Crippen LogP contribution in [0.1, 0.15) is 34.6 Å². The van der Waals surface area contributed by atoms with Crippen molar-refractivity contribution >= 4 is 5.97 Å². The van der Waals surface area contributed by atoms with Crippen LogP contribution in [0, 0.1) is 11.8 Å². The average Bonchev–Trinajstić information content (AvgIpc) is 2.15. The summed E-state index contributed by atoms with van der Waals surface area (Å²) in [7, 11) is 0. The summed E-state index contributed by atoms with van der Waals surface area (Å²) in [6, 6.07) is -0.0498. The maximum atomic E-state index is 11.1. The summed E-state index contributed by atoms with van der Waals surface area (Å²) < 4.78 is 5.06. The number of hydrogen-bond acceptors (Lipinski definition) is 3. The number of carbonyl (C=O) groups excluding carboxylic acids is 1. The van der Waals surface area contributed by atoms with Crippen LogP contribution in [-0.4, -0.2) is 18.1 Å². The number of rotatable bonds is 0. The molecule has 0 saturated carbocycles. The number of carbonyl (C=O) groups is 1. The van der Waals surface area contributed by atoms with Crippen molar-refractivity contribution in [3.63, 3.8) is 0 Å². The van der Waals surface area contributed by atoms with Gasteiger partial charge in [-0.25, -0.2) is 0 Å². The second-order valence-electron chi connectivity index (χ2n) is 3.37. The van der Waals surface area contributed by atoms with E-state index in [-0.39, 0.29) is 30.0 Å². The maximum absolute atomic E-state index is 11.1. The SMILES string of the molecule is CC.C[C@@H]1[C@H](N)[C@@H](C)C(=O)O[C@@H]1C. The molecule has 3 heteroatoms. The van der Waals surface area contributed by atoms with Gasteiger partial charge in [-0.2, -0.15) is 0 Å². The van der Waals surface area contributed by atoms with Crippen molar-refractivity contribution in [2.45, 2.75) is 46.8 Å². The molecule has 1 saturated heterocycles. The van der Waals surface area contributed by atoms with Crippen LogP contribution in [0.25, 0.3) is 0 Å². The van der Waals surface area contributed by atoms with Gasteiger partial charge in [0.25, 0.3) is 0 Å². The highest BCUT2D eigenvalue weighted by Gasteiger charge is 2.36. The molecule has 0 aromatic heterocycles. The fourth-order valence-electron chi connectivity index (χ4n) is 1.32. The van der Waals surface area contributed by atoms with E-state index in [1.54, 1.807) is 0 Å². The number of cyclic esters (lactones) is 1. The zero-order chi connectivity index (χ0) is 10.6. The van der Waals surface area contributed by atoms with Gasteiger partial charge in [-0.3, -0.25) is 4.79 Å². The average molecular weight is 187 g/mol. The Labute approximate surface area is 80.6 Å². The molecule has 0 radical (unpaired) electrons. The summed E-state index contributed by atoms with van der Waals surface area (Å²) >= 11 is 0. The topological polar surface area (TPSA) is 52.3 Å². The number of ether oxygens (including phenoxy) is 1. The molecule has 1 fully saturated rings. The molecule has 78 valence electrons. The minimum atomic E-state index is -0.164. The molecular formula is C10H21NO2. The van der Waals surface area contributed by atoms with E-state index in [4.69, 9.17) is 10.5 Å². The second-order valence-corrected chi connectivity index (χ2v) is 3.37. The Balaban J connectivity index is 0.000000671. The monoisotopic (exact) mass is 187 g/mol. The molecular weight excluding hydrogens is 166 g/mol. The Morgan fingerprint density at radius 1 is 1.23 bits per heavy atom. The van der Waals surface area contributed by atoms with E-state index in [0.717, 1.165) is 0 Å². The standard InChI is InChI=1S/C8H15NO2.C2H6/c1-4-6(3)11-8(10)5(2)7(4)9;1-2/h4-7H,9H2,1-3H3;1-2H3/t4-,5+,6+,7-;/m0./s1. The van der Waals surface area contributed by atoms with Crippen LogP contribution in [0.3, 0.4) is 0 Å². The van der Waals surface area contributed by atoms with E-state index >= 15 is 0 Å². The van der Waals surface area contributed by atoms with Crippen molar-refractivity contribution in [2.24, 2.45) is 17.6 Å². The normalized spacial score (nSPS) is 38.8. The lowest BCUT2D eigenvalue weighted by Gasteiger charge is -2.35. The van der Waals surface area contributed by atoms with Gasteiger partial charge in [-0.1, -0.05) is 27.7 Å². The summed E-state index contributed by atoms with van der Waals surface area (Å²) in [4.78, 5) is 11.1. The Hall–Kier alpha value is -0.570. The molecule has 2 N–H and O–H groups in total. The molecule has 1 aliphatic heterocycles. The molecule has 3 nitrogen and oxygen atoms in total. The molecule has 4 atom stereocenters. The van der Waals surface area contributed by atoms with E-state index in [9.17, 15) is 4.79 Å². The molecule has 0 aromatic carbocycles. The number of hydrogen-bond donors (Lipinski definition) is 1.